The first-order valence-corrected chi connectivity index (χ1v) is 9.00. The summed E-state index contributed by atoms with van der Waals surface area (Å²) in [4.78, 5) is 30.1. The molecule has 8 heteroatoms. The summed E-state index contributed by atoms with van der Waals surface area (Å²) in [6, 6.07) is 7.41. The van der Waals surface area contributed by atoms with Crippen molar-refractivity contribution in [2.24, 2.45) is 11.7 Å². The van der Waals surface area contributed by atoms with Crippen molar-refractivity contribution in [1.29, 1.82) is 0 Å². The molecule has 1 aromatic heterocycles. The van der Waals surface area contributed by atoms with Gasteiger partial charge in [-0.15, -0.1) is 0 Å². The maximum atomic E-state index is 13.1. The van der Waals surface area contributed by atoms with Gasteiger partial charge >= 0.3 is 0 Å². The van der Waals surface area contributed by atoms with Crippen LogP contribution in [0.3, 0.4) is 0 Å². The van der Waals surface area contributed by atoms with Gasteiger partial charge in [0.05, 0.1) is 23.4 Å². The zero-order valence-electron chi connectivity index (χ0n) is 13.9. The van der Waals surface area contributed by atoms with Gasteiger partial charge in [-0.25, -0.2) is 9.37 Å². The monoisotopic (exact) mass is 420 g/mol. The molecular weight excluding hydrogens is 403 g/mol. The standard InChI is InChI=1S/C18H18BrFN4O2/c19-15-8-12(20)3-5-14(15)18(26)23-13-4-6-16(22-9-13)24-7-1-2-11(10-24)17(21)25/h3-6,8-9,11H,1-2,7,10H2,(H2,21,25)(H,23,26). The number of hydrogen-bond acceptors (Lipinski definition) is 4. The van der Waals surface area contributed by atoms with Crippen molar-refractivity contribution >= 4 is 39.2 Å². The van der Waals surface area contributed by atoms with Gasteiger partial charge in [0, 0.05) is 17.6 Å². The summed E-state index contributed by atoms with van der Waals surface area (Å²) in [6.45, 7) is 1.36. The Morgan fingerprint density at radius 1 is 1.31 bits per heavy atom. The number of nitrogens with one attached hydrogen (secondary N) is 1. The van der Waals surface area contributed by atoms with Gasteiger partial charge in [0.15, 0.2) is 0 Å². The Labute approximate surface area is 158 Å². The minimum atomic E-state index is -0.421. The van der Waals surface area contributed by atoms with E-state index < -0.39 is 5.82 Å². The van der Waals surface area contributed by atoms with Gasteiger partial charge in [-0.2, -0.15) is 0 Å². The lowest BCUT2D eigenvalue weighted by Crippen LogP contribution is -2.41. The van der Waals surface area contributed by atoms with E-state index in [0.29, 0.717) is 22.3 Å². The van der Waals surface area contributed by atoms with Crippen LogP contribution >= 0.6 is 15.9 Å². The summed E-state index contributed by atoms with van der Waals surface area (Å²) in [5.41, 5.74) is 6.26. The molecule has 2 aromatic rings. The van der Waals surface area contributed by atoms with E-state index in [-0.39, 0.29) is 17.7 Å². The van der Waals surface area contributed by atoms with Crippen molar-refractivity contribution in [2.75, 3.05) is 23.3 Å². The number of nitrogens with zero attached hydrogens (tertiary/aromatic N) is 2. The number of aromatic nitrogens is 1. The molecule has 0 aliphatic carbocycles. The van der Waals surface area contributed by atoms with Crippen molar-refractivity contribution in [3.05, 3.63) is 52.4 Å². The number of anilines is 2. The quantitative estimate of drug-likeness (QED) is 0.795. The minimum absolute atomic E-state index is 0.166. The highest BCUT2D eigenvalue weighted by molar-refractivity contribution is 9.10. The number of primary amides is 1. The number of nitrogens with two attached hydrogens (primary N) is 1. The second-order valence-corrected chi connectivity index (χ2v) is 7.03. The van der Waals surface area contributed by atoms with Crippen molar-refractivity contribution in [3.8, 4) is 0 Å². The molecule has 0 saturated carbocycles. The molecule has 1 aromatic carbocycles. The smallest absolute Gasteiger partial charge is 0.256 e. The molecule has 136 valence electrons. The van der Waals surface area contributed by atoms with Crippen LogP contribution in [0.25, 0.3) is 0 Å². The Balaban J connectivity index is 1.67. The van der Waals surface area contributed by atoms with Crippen LogP contribution in [0, 0.1) is 11.7 Å². The first kappa shape index (κ1) is 18.3. The van der Waals surface area contributed by atoms with Crippen molar-refractivity contribution in [3.63, 3.8) is 0 Å². The van der Waals surface area contributed by atoms with E-state index in [1.54, 1.807) is 18.3 Å². The van der Waals surface area contributed by atoms with Crippen LogP contribution in [0.4, 0.5) is 15.9 Å². The van der Waals surface area contributed by atoms with Crippen molar-refractivity contribution in [2.45, 2.75) is 12.8 Å². The average molecular weight is 421 g/mol. The molecule has 1 atom stereocenters. The van der Waals surface area contributed by atoms with Crippen LogP contribution in [0.15, 0.2) is 41.0 Å². The fourth-order valence-electron chi connectivity index (χ4n) is 2.94. The maximum Gasteiger partial charge on any atom is 0.256 e. The predicted molar refractivity (Wildman–Crippen MR) is 100 cm³/mol. The molecule has 1 unspecified atom stereocenters. The molecule has 3 rings (SSSR count). The van der Waals surface area contributed by atoms with Gasteiger partial charge in [0.25, 0.3) is 5.91 Å². The summed E-state index contributed by atoms with van der Waals surface area (Å²) in [6.07, 6.45) is 3.23. The Morgan fingerprint density at radius 2 is 2.12 bits per heavy atom. The lowest BCUT2D eigenvalue weighted by Gasteiger charge is -2.32. The summed E-state index contributed by atoms with van der Waals surface area (Å²) in [7, 11) is 0. The molecule has 1 fully saturated rings. The fourth-order valence-corrected chi connectivity index (χ4v) is 3.47. The third-order valence-corrected chi connectivity index (χ3v) is 4.99. The fraction of sp³-hybridized carbons (Fsp3) is 0.278. The van der Waals surface area contributed by atoms with Crippen molar-refractivity contribution < 1.29 is 14.0 Å². The Morgan fingerprint density at radius 3 is 2.77 bits per heavy atom. The Hall–Kier alpha value is -2.48. The zero-order chi connectivity index (χ0) is 18.7. The van der Waals surface area contributed by atoms with Crippen LogP contribution in [-0.4, -0.2) is 29.9 Å². The van der Waals surface area contributed by atoms with Crippen LogP contribution in [0.5, 0.6) is 0 Å². The second-order valence-electron chi connectivity index (χ2n) is 6.17. The predicted octanol–water partition coefficient (Wildman–Crippen LogP) is 2.94. The number of carbonyl (C=O) groups excluding carboxylic acids is 2. The normalized spacial score (nSPS) is 17.0. The lowest BCUT2D eigenvalue weighted by molar-refractivity contribution is -0.122. The molecule has 3 N–H and O–H groups in total. The van der Waals surface area contributed by atoms with E-state index in [4.69, 9.17) is 5.73 Å². The number of carbonyl (C=O) groups is 2. The van der Waals surface area contributed by atoms with Crippen LogP contribution < -0.4 is 16.0 Å². The van der Waals surface area contributed by atoms with Gasteiger partial charge in [0.2, 0.25) is 5.91 Å². The van der Waals surface area contributed by atoms with Crippen LogP contribution in [0.2, 0.25) is 0 Å². The topological polar surface area (TPSA) is 88.3 Å². The van der Waals surface area contributed by atoms with Gasteiger partial charge in [0.1, 0.15) is 11.6 Å². The van der Waals surface area contributed by atoms with E-state index in [2.05, 4.69) is 26.2 Å². The summed E-state index contributed by atoms with van der Waals surface area (Å²) in [5, 5.41) is 2.73. The SMILES string of the molecule is NC(=O)C1CCCN(c2ccc(NC(=O)c3ccc(F)cc3Br)cn2)C1. The highest BCUT2D eigenvalue weighted by Crippen LogP contribution is 2.23. The third-order valence-electron chi connectivity index (χ3n) is 4.33. The molecule has 2 amide bonds. The molecule has 0 spiro atoms. The zero-order valence-corrected chi connectivity index (χ0v) is 15.5. The maximum absolute atomic E-state index is 13.1. The molecule has 1 aliphatic rings. The first-order valence-electron chi connectivity index (χ1n) is 8.21. The molecule has 6 nitrogen and oxygen atoms in total. The number of pyridine rings is 1. The number of rotatable bonds is 4. The Bertz CT molecular complexity index is 828. The van der Waals surface area contributed by atoms with Crippen molar-refractivity contribution in [1.82, 2.24) is 4.98 Å². The molecule has 26 heavy (non-hydrogen) atoms. The van der Waals surface area contributed by atoms with Crippen LogP contribution in [-0.2, 0) is 4.79 Å². The number of amides is 2. The third kappa shape index (κ3) is 4.19. The summed E-state index contributed by atoms with van der Waals surface area (Å²) in [5.74, 6) is -0.505. The highest BCUT2D eigenvalue weighted by atomic mass is 79.9. The van der Waals surface area contributed by atoms with Gasteiger partial charge in [-0.1, -0.05) is 0 Å². The van der Waals surface area contributed by atoms with E-state index in [1.165, 1.54) is 18.2 Å². The lowest BCUT2D eigenvalue weighted by atomic mass is 9.97. The van der Waals surface area contributed by atoms with E-state index in [1.807, 2.05) is 4.90 Å². The number of piperidine rings is 1. The number of hydrogen-bond donors (Lipinski definition) is 2. The second kappa shape index (κ2) is 7.82. The van der Waals surface area contributed by atoms with E-state index >= 15 is 0 Å². The summed E-state index contributed by atoms with van der Waals surface area (Å²) < 4.78 is 13.5. The number of halogens is 2. The molecule has 0 bridgehead atoms. The molecule has 0 radical (unpaired) electrons. The Kier molecular flexibility index (Phi) is 5.51. The molecule has 1 saturated heterocycles. The van der Waals surface area contributed by atoms with Gasteiger partial charge in [-0.3, -0.25) is 9.59 Å². The highest BCUT2D eigenvalue weighted by Gasteiger charge is 2.24. The average Bonchev–Trinajstić information content (AvgIpc) is 2.62. The minimum Gasteiger partial charge on any atom is -0.369 e. The molecule has 1 aliphatic heterocycles. The van der Waals surface area contributed by atoms with Gasteiger partial charge < -0.3 is 16.0 Å². The van der Waals surface area contributed by atoms with Gasteiger partial charge in [-0.05, 0) is 59.1 Å². The largest absolute Gasteiger partial charge is 0.369 e. The molecular formula is C18H18BrFN4O2. The first-order chi connectivity index (χ1) is 12.4. The van der Waals surface area contributed by atoms with E-state index in [9.17, 15) is 14.0 Å². The van der Waals surface area contributed by atoms with E-state index in [0.717, 1.165) is 25.2 Å². The summed E-state index contributed by atoms with van der Waals surface area (Å²) >= 11 is 3.18. The molecule has 2 heterocycles. The number of benzene rings is 1. The van der Waals surface area contributed by atoms with Crippen LogP contribution in [0.1, 0.15) is 23.2 Å².